The van der Waals surface area contributed by atoms with Crippen LogP contribution in [0.3, 0.4) is 0 Å². The van der Waals surface area contributed by atoms with E-state index in [2.05, 4.69) is 55.4 Å². The number of ether oxygens (including phenoxy) is 4. The lowest BCUT2D eigenvalue weighted by Crippen LogP contribution is -2.30. The normalized spacial score (nSPS) is 14.6. The van der Waals surface area contributed by atoms with Gasteiger partial charge in [0.05, 0.1) is 26.4 Å². The van der Waals surface area contributed by atoms with Gasteiger partial charge < -0.3 is 33.8 Å². The van der Waals surface area contributed by atoms with E-state index in [0.29, 0.717) is 25.7 Å². The Labute approximate surface area is 549 Å². The zero-order valence-electron chi connectivity index (χ0n) is 58.8. The molecule has 0 saturated carbocycles. The van der Waals surface area contributed by atoms with Crippen LogP contribution < -0.4 is 0 Å². The molecule has 3 N–H and O–H groups in total. The second kappa shape index (κ2) is 60.7. The molecule has 0 rings (SSSR count). The third kappa shape index (κ3) is 63.5. The first kappa shape index (κ1) is 88.1. The molecule has 0 aliphatic heterocycles. The van der Waals surface area contributed by atoms with Gasteiger partial charge in [0.25, 0.3) is 0 Å². The molecule has 0 heterocycles. The summed E-state index contributed by atoms with van der Waals surface area (Å²) in [6, 6.07) is 0. The summed E-state index contributed by atoms with van der Waals surface area (Å²) in [4.78, 5) is 72.6. The molecule has 0 aromatic heterocycles. The van der Waals surface area contributed by atoms with Crippen LogP contribution in [0.5, 0.6) is 0 Å². The van der Waals surface area contributed by atoms with E-state index in [-0.39, 0.29) is 25.7 Å². The average molecular weight is 1330 g/mol. The smallest absolute Gasteiger partial charge is 0.462 e. The Morgan fingerprint density at radius 3 is 0.789 bits per heavy atom. The molecule has 0 saturated heterocycles. The van der Waals surface area contributed by atoms with Gasteiger partial charge in [-0.15, -0.1) is 0 Å². The standard InChI is InChI=1S/C71H138O17P2/c1-9-64(8)50-42-34-29-30-36-44-52-69(74)82-58-67(88-71(76)54-46-38-28-22-16-19-25-33-41-49-63(6)7)60-86-90(79,80)84-56-65(72)55-83-89(77,78)85-59-66(87-70(75)53-45-37-27-21-15-11-13-18-24-32-40-48-62(4)5)57-81-68(73)51-43-35-26-20-14-10-12-17-23-31-39-47-61(2)3/h61-67,72H,9-60H2,1-8H3,(H,77,78)(H,79,80)/t64?,65-,66-,67-/m1/s1. The summed E-state index contributed by atoms with van der Waals surface area (Å²) in [6.45, 7) is 14.1. The largest absolute Gasteiger partial charge is 0.472 e. The maximum atomic E-state index is 13.0. The Kier molecular flexibility index (Phi) is 59.4. The molecule has 0 fully saturated rings. The highest BCUT2D eigenvalue weighted by Crippen LogP contribution is 2.45. The number of rotatable bonds is 68. The highest BCUT2D eigenvalue weighted by molar-refractivity contribution is 7.47. The summed E-state index contributed by atoms with van der Waals surface area (Å²) in [7, 11) is -9.90. The molecule has 534 valence electrons. The summed E-state index contributed by atoms with van der Waals surface area (Å²) >= 11 is 0. The Balaban J connectivity index is 5.27. The number of phosphoric acid groups is 2. The van der Waals surface area contributed by atoms with Gasteiger partial charge >= 0.3 is 39.5 Å². The van der Waals surface area contributed by atoms with Crippen molar-refractivity contribution in [2.75, 3.05) is 39.6 Å². The molecule has 0 aliphatic carbocycles. The Morgan fingerprint density at radius 1 is 0.311 bits per heavy atom. The van der Waals surface area contributed by atoms with Crippen molar-refractivity contribution in [3.63, 3.8) is 0 Å². The van der Waals surface area contributed by atoms with Crippen LogP contribution in [0.25, 0.3) is 0 Å². The molecule has 0 aliphatic rings. The highest BCUT2D eigenvalue weighted by Gasteiger charge is 2.30. The number of hydrogen-bond acceptors (Lipinski definition) is 15. The van der Waals surface area contributed by atoms with Crippen LogP contribution in [0.15, 0.2) is 0 Å². The van der Waals surface area contributed by atoms with Gasteiger partial charge in [-0.05, 0) is 49.4 Å². The lowest BCUT2D eigenvalue weighted by atomic mass is 10.00. The minimum Gasteiger partial charge on any atom is -0.462 e. The summed E-state index contributed by atoms with van der Waals surface area (Å²) in [5.74, 6) is 0.875. The maximum Gasteiger partial charge on any atom is 0.472 e. The van der Waals surface area contributed by atoms with Crippen molar-refractivity contribution in [1.82, 2.24) is 0 Å². The predicted octanol–water partition coefficient (Wildman–Crippen LogP) is 20.1. The Bertz CT molecular complexity index is 1780. The average Bonchev–Trinajstić information content (AvgIpc) is 3.71. The van der Waals surface area contributed by atoms with Crippen LogP contribution in [-0.4, -0.2) is 96.7 Å². The van der Waals surface area contributed by atoms with E-state index in [0.717, 1.165) is 120 Å². The monoisotopic (exact) mass is 1320 g/mol. The van der Waals surface area contributed by atoms with E-state index < -0.39 is 97.5 Å². The molecule has 0 spiro atoms. The van der Waals surface area contributed by atoms with Gasteiger partial charge in [0, 0.05) is 25.7 Å². The second-order valence-corrected chi connectivity index (χ2v) is 30.2. The third-order valence-electron chi connectivity index (χ3n) is 16.7. The van der Waals surface area contributed by atoms with Gasteiger partial charge in [0.1, 0.15) is 19.3 Å². The molecular formula is C71H138O17P2. The van der Waals surface area contributed by atoms with Gasteiger partial charge in [-0.3, -0.25) is 37.3 Å². The number of aliphatic hydroxyl groups excluding tert-OH is 1. The molecule has 0 aromatic carbocycles. The first-order valence-corrected chi connectivity index (χ1v) is 39.7. The van der Waals surface area contributed by atoms with E-state index in [1.165, 1.54) is 148 Å². The van der Waals surface area contributed by atoms with Gasteiger partial charge in [0.15, 0.2) is 12.2 Å². The van der Waals surface area contributed by atoms with Crippen LogP contribution in [0.1, 0.15) is 351 Å². The summed E-state index contributed by atoms with van der Waals surface area (Å²) < 4.78 is 68.3. The molecule has 90 heavy (non-hydrogen) atoms. The number of carbonyl (C=O) groups excluding carboxylic acids is 4. The topological polar surface area (TPSA) is 237 Å². The van der Waals surface area contributed by atoms with Crippen LogP contribution in [-0.2, 0) is 65.4 Å². The number of unbranched alkanes of at least 4 members (excludes halogenated alkanes) is 33. The maximum absolute atomic E-state index is 13.0. The second-order valence-electron chi connectivity index (χ2n) is 27.3. The van der Waals surface area contributed by atoms with Crippen LogP contribution >= 0.6 is 15.6 Å². The SMILES string of the molecule is CCC(C)CCCCCCCCC(=O)OC[C@H](COP(=O)(O)OC[C@H](O)COP(=O)(O)OC[C@@H](COC(=O)CCCCCCCCCCCCCC(C)C)OC(=O)CCCCCCCCCCCCCC(C)C)OC(=O)CCCCCCCCCCCC(C)C. The fourth-order valence-electron chi connectivity index (χ4n) is 10.6. The number of aliphatic hydroxyl groups is 1. The van der Waals surface area contributed by atoms with E-state index in [1.54, 1.807) is 0 Å². The first-order valence-electron chi connectivity index (χ1n) is 36.7. The molecule has 19 heteroatoms. The quantitative estimate of drug-likeness (QED) is 0.0222. The van der Waals surface area contributed by atoms with E-state index in [4.69, 9.17) is 37.0 Å². The number of phosphoric ester groups is 2. The molecule has 0 amide bonds. The van der Waals surface area contributed by atoms with E-state index in [9.17, 15) is 43.2 Å². The van der Waals surface area contributed by atoms with E-state index in [1.807, 2.05) is 0 Å². The van der Waals surface area contributed by atoms with Gasteiger partial charge in [-0.25, -0.2) is 9.13 Å². The highest BCUT2D eigenvalue weighted by atomic mass is 31.2. The summed E-state index contributed by atoms with van der Waals surface area (Å²) in [5.41, 5.74) is 0. The molecule has 0 aromatic rings. The molecule has 3 unspecified atom stereocenters. The zero-order chi connectivity index (χ0) is 66.8. The molecule has 0 bridgehead atoms. The molecule has 17 nitrogen and oxygen atoms in total. The zero-order valence-corrected chi connectivity index (χ0v) is 60.6. The lowest BCUT2D eigenvalue weighted by molar-refractivity contribution is -0.161. The van der Waals surface area contributed by atoms with Crippen molar-refractivity contribution in [2.24, 2.45) is 23.7 Å². The fraction of sp³-hybridized carbons (Fsp3) is 0.944. The minimum atomic E-state index is -4.95. The fourth-order valence-corrected chi connectivity index (χ4v) is 12.2. The molecule has 6 atom stereocenters. The lowest BCUT2D eigenvalue weighted by Gasteiger charge is -2.21. The number of hydrogen-bond donors (Lipinski definition) is 3. The van der Waals surface area contributed by atoms with Gasteiger partial charge in [-0.1, -0.05) is 299 Å². The predicted molar refractivity (Wildman–Crippen MR) is 363 cm³/mol. The van der Waals surface area contributed by atoms with Crippen molar-refractivity contribution < 1.29 is 80.2 Å². The number of esters is 4. The van der Waals surface area contributed by atoms with E-state index >= 15 is 0 Å². The third-order valence-corrected chi connectivity index (χ3v) is 18.6. The Hall–Kier alpha value is -1.94. The van der Waals surface area contributed by atoms with Crippen molar-refractivity contribution in [3.05, 3.63) is 0 Å². The van der Waals surface area contributed by atoms with Crippen molar-refractivity contribution in [3.8, 4) is 0 Å². The minimum absolute atomic E-state index is 0.104. The first-order chi connectivity index (χ1) is 43.1. The Morgan fingerprint density at radius 2 is 0.533 bits per heavy atom. The summed E-state index contributed by atoms with van der Waals surface area (Å²) in [6.07, 6.45) is 43.0. The van der Waals surface area contributed by atoms with Crippen LogP contribution in [0.4, 0.5) is 0 Å². The van der Waals surface area contributed by atoms with Crippen molar-refractivity contribution >= 4 is 39.5 Å². The molecular weight excluding hydrogens is 1190 g/mol. The van der Waals surface area contributed by atoms with Crippen LogP contribution in [0.2, 0.25) is 0 Å². The van der Waals surface area contributed by atoms with Crippen LogP contribution in [0, 0.1) is 23.7 Å². The van der Waals surface area contributed by atoms with Gasteiger partial charge in [0.2, 0.25) is 0 Å². The van der Waals surface area contributed by atoms with Crippen molar-refractivity contribution in [1.29, 1.82) is 0 Å². The van der Waals surface area contributed by atoms with Gasteiger partial charge in [-0.2, -0.15) is 0 Å². The molecule has 0 radical (unpaired) electrons. The van der Waals surface area contributed by atoms with Crippen molar-refractivity contribution in [2.45, 2.75) is 369 Å². The number of carbonyl (C=O) groups is 4. The summed E-state index contributed by atoms with van der Waals surface area (Å²) in [5, 5.41) is 10.6.